The number of anilines is 1. The van der Waals surface area contributed by atoms with Gasteiger partial charge in [-0.15, -0.1) is 0 Å². The first-order chi connectivity index (χ1) is 16.9. The molecule has 0 atom stereocenters. The van der Waals surface area contributed by atoms with Crippen LogP contribution in [0.3, 0.4) is 0 Å². The Labute approximate surface area is 205 Å². The van der Waals surface area contributed by atoms with E-state index in [1.54, 1.807) is 0 Å². The van der Waals surface area contributed by atoms with E-state index in [1.807, 2.05) is 34.9 Å². The van der Waals surface area contributed by atoms with Crippen LogP contribution in [0, 0.1) is 11.2 Å². The second-order valence-electron chi connectivity index (χ2n) is 10.4. The average molecular weight is 476 g/mol. The van der Waals surface area contributed by atoms with Gasteiger partial charge in [-0.3, -0.25) is 14.2 Å². The smallest absolute Gasteiger partial charge is 0.253 e. The van der Waals surface area contributed by atoms with Crippen molar-refractivity contribution in [3.8, 4) is 11.1 Å². The van der Waals surface area contributed by atoms with E-state index in [1.165, 1.54) is 12.5 Å². The Balaban J connectivity index is 1.72. The Morgan fingerprint density at radius 2 is 1.83 bits per heavy atom. The van der Waals surface area contributed by atoms with Gasteiger partial charge in [0.1, 0.15) is 5.82 Å². The molecule has 2 aliphatic rings. The first-order valence-corrected chi connectivity index (χ1v) is 12.9. The lowest BCUT2D eigenvalue weighted by molar-refractivity contribution is 0.0769. The van der Waals surface area contributed by atoms with E-state index in [2.05, 4.69) is 19.2 Å². The highest BCUT2D eigenvalue weighted by Crippen LogP contribution is 2.46. The minimum atomic E-state index is -0.776. The van der Waals surface area contributed by atoms with Crippen LogP contribution in [0.25, 0.3) is 22.0 Å². The highest BCUT2D eigenvalue weighted by atomic mass is 19.1. The standard InChI is InChI=1S/C29H34FN3O2/c1-3-29(4-2)16-24-26(20-12-8-9-13-23(20)33(24)25(34)17-29)18-14-21(30)27(28(31)35)22(15-18)32-19-10-6-5-7-11-19/h8-9,12-15,19,32H,3-7,10-11,16-17H2,1-2H3,(H2,31,35). The topological polar surface area (TPSA) is 77.1 Å². The molecular weight excluding hydrogens is 441 g/mol. The lowest BCUT2D eigenvalue weighted by atomic mass is 9.72. The molecule has 0 radical (unpaired) electrons. The maximum Gasteiger partial charge on any atom is 0.253 e. The third-order valence-corrected chi connectivity index (χ3v) is 8.38. The molecule has 2 heterocycles. The highest BCUT2D eigenvalue weighted by Gasteiger charge is 2.39. The zero-order chi connectivity index (χ0) is 24.7. The summed E-state index contributed by atoms with van der Waals surface area (Å²) in [5.41, 5.74) is 9.19. The maximum absolute atomic E-state index is 15.5. The Kier molecular flexibility index (Phi) is 6.16. The second kappa shape index (κ2) is 9.14. The number of benzene rings is 2. The fraction of sp³-hybridized carbons (Fsp3) is 0.448. The third kappa shape index (κ3) is 4.03. The Morgan fingerprint density at radius 3 is 2.51 bits per heavy atom. The summed E-state index contributed by atoms with van der Waals surface area (Å²) in [5, 5.41) is 4.36. The van der Waals surface area contributed by atoms with Crippen molar-refractivity contribution in [3.05, 3.63) is 53.5 Å². The summed E-state index contributed by atoms with van der Waals surface area (Å²) in [6.45, 7) is 4.28. The molecule has 1 saturated carbocycles. The average Bonchev–Trinajstić information content (AvgIpc) is 3.18. The molecule has 0 saturated heterocycles. The molecule has 1 aliphatic carbocycles. The molecule has 3 aromatic rings. The van der Waals surface area contributed by atoms with Gasteiger partial charge in [-0.1, -0.05) is 51.3 Å². The number of hydrogen-bond donors (Lipinski definition) is 2. The summed E-state index contributed by atoms with van der Waals surface area (Å²) >= 11 is 0. The Hall–Kier alpha value is -3.15. The number of nitrogens with two attached hydrogens (primary N) is 1. The quantitative estimate of drug-likeness (QED) is 0.417. The van der Waals surface area contributed by atoms with Gasteiger partial charge in [0.05, 0.1) is 16.8 Å². The maximum atomic E-state index is 15.5. The van der Waals surface area contributed by atoms with Gasteiger partial charge >= 0.3 is 0 Å². The van der Waals surface area contributed by atoms with Crippen molar-refractivity contribution in [3.63, 3.8) is 0 Å². The van der Waals surface area contributed by atoms with Gasteiger partial charge in [0.25, 0.3) is 5.91 Å². The minimum absolute atomic E-state index is 0.0900. The summed E-state index contributed by atoms with van der Waals surface area (Å²) in [6, 6.07) is 11.3. The van der Waals surface area contributed by atoms with Crippen LogP contribution in [-0.4, -0.2) is 22.4 Å². The summed E-state index contributed by atoms with van der Waals surface area (Å²) in [5.74, 6) is -1.31. The molecule has 1 amide bonds. The molecule has 1 aromatic heterocycles. The van der Waals surface area contributed by atoms with Crippen LogP contribution in [0.5, 0.6) is 0 Å². The van der Waals surface area contributed by atoms with Crippen molar-refractivity contribution in [2.24, 2.45) is 11.1 Å². The number of carbonyl (C=O) groups is 2. The van der Waals surface area contributed by atoms with Gasteiger partial charge < -0.3 is 11.1 Å². The molecule has 2 aromatic carbocycles. The first kappa shape index (κ1) is 23.6. The van der Waals surface area contributed by atoms with Gasteiger partial charge in [-0.05, 0) is 61.3 Å². The predicted octanol–water partition coefficient (Wildman–Crippen LogP) is 6.68. The van der Waals surface area contributed by atoms with E-state index in [0.717, 1.165) is 67.1 Å². The van der Waals surface area contributed by atoms with E-state index in [-0.39, 0.29) is 22.9 Å². The number of nitrogens with zero attached hydrogens (tertiary/aromatic N) is 1. The molecule has 3 N–H and O–H groups in total. The SMILES string of the molecule is CCC1(CC)CC(=O)n2c(c(-c3cc(F)c(C(N)=O)c(NC4CCCCC4)c3)c3ccccc32)C1. The molecule has 0 spiro atoms. The van der Waals surface area contributed by atoms with Gasteiger partial charge in [-0.2, -0.15) is 0 Å². The molecule has 1 aliphatic heterocycles. The summed E-state index contributed by atoms with van der Waals surface area (Å²) in [4.78, 5) is 25.7. The number of aromatic nitrogens is 1. The molecule has 5 rings (SSSR count). The van der Waals surface area contributed by atoms with Crippen LogP contribution in [0.4, 0.5) is 10.1 Å². The third-order valence-electron chi connectivity index (χ3n) is 8.38. The largest absolute Gasteiger partial charge is 0.382 e. The van der Waals surface area contributed by atoms with Crippen LogP contribution < -0.4 is 11.1 Å². The van der Waals surface area contributed by atoms with Crippen LogP contribution in [0.1, 0.15) is 86.1 Å². The number of fused-ring (bicyclic) bond motifs is 3. The number of para-hydroxylation sites is 1. The monoisotopic (exact) mass is 475 g/mol. The summed E-state index contributed by atoms with van der Waals surface area (Å²) in [7, 11) is 0. The molecule has 5 nitrogen and oxygen atoms in total. The number of nitrogens with one attached hydrogen (secondary N) is 1. The molecule has 184 valence electrons. The van der Waals surface area contributed by atoms with E-state index in [0.29, 0.717) is 17.7 Å². The van der Waals surface area contributed by atoms with Crippen molar-refractivity contribution in [1.82, 2.24) is 4.57 Å². The van der Waals surface area contributed by atoms with Gasteiger partial charge in [0.15, 0.2) is 0 Å². The lowest BCUT2D eigenvalue weighted by Crippen LogP contribution is -2.35. The number of halogens is 1. The summed E-state index contributed by atoms with van der Waals surface area (Å²) in [6.07, 6.45) is 8.46. The predicted molar refractivity (Wildman–Crippen MR) is 138 cm³/mol. The van der Waals surface area contributed by atoms with Crippen molar-refractivity contribution >= 4 is 28.4 Å². The van der Waals surface area contributed by atoms with Gasteiger partial charge in [0.2, 0.25) is 5.91 Å². The van der Waals surface area contributed by atoms with Crippen LogP contribution in [-0.2, 0) is 6.42 Å². The van der Waals surface area contributed by atoms with E-state index >= 15 is 4.39 Å². The molecule has 1 fully saturated rings. The second-order valence-corrected chi connectivity index (χ2v) is 10.4. The zero-order valence-electron chi connectivity index (χ0n) is 20.6. The fourth-order valence-corrected chi connectivity index (χ4v) is 6.22. The highest BCUT2D eigenvalue weighted by molar-refractivity contribution is 6.06. The Morgan fingerprint density at radius 1 is 1.11 bits per heavy atom. The lowest BCUT2D eigenvalue weighted by Gasteiger charge is -2.36. The molecule has 0 bridgehead atoms. The molecule has 6 heteroatoms. The number of rotatable bonds is 6. The van der Waals surface area contributed by atoms with E-state index in [9.17, 15) is 9.59 Å². The fourth-order valence-electron chi connectivity index (χ4n) is 6.22. The van der Waals surface area contributed by atoms with Crippen molar-refractivity contribution in [2.45, 2.75) is 77.7 Å². The molecule has 0 unspecified atom stereocenters. The summed E-state index contributed by atoms with van der Waals surface area (Å²) < 4.78 is 17.3. The molecule has 35 heavy (non-hydrogen) atoms. The minimum Gasteiger partial charge on any atom is -0.382 e. The van der Waals surface area contributed by atoms with Crippen molar-refractivity contribution < 1.29 is 14.0 Å². The zero-order valence-corrected chi connectivity index (χ0v) is 20.6. The molecular formula is C29H34FN3O2. The van der Waals surface area contributed by atoms with Crippen LogP contribution in [0.2, 0.25) is 0 Å². The number of hydrogen-bond acceptors (Lipinski definition) is 3. The van der Waals surface area contributed by atoms with Gasteiger partial charge in [0, 0.05) is 29.1 Å². The Bertz CT molecular complexity index is 1300. The van der Waals surface area contributed by atoms with Gasteiger partial charge in [-0.25, -0.2) is 4.39 Å². The van der Waals surface area contributed by atoms with Crippen molar-refractivity contribution in [1.29, 1.82) is 0 Å². The van der Waals surface area contributed by atoms with E-state index in [4.69, 9.17) is 5.73 Å². The van der Waals surface area contributed by atoms with Crippen LogP contribution in [0.15, 0.2) is 36.4 Å². The normalized spacial score (nSPS) is 18.0. The number of amides is 1. The number of carbonyl (C=O) groups excluding carboxylic acids is 2. The van der Waals surface area contributed by atoms with Crippen molar-refractivity contribution in [2.75, 3.05) is 5.32 Å². The number of primary amides is 1. The first-order valence-electron chi connectivity index (χ1n) is 12.9. The van der Waals surface area contributed by atoms with Crippen LogP contribution >= 0.6 is 0 Å². The van der Waals surface area contributed by atoms with E-state index < -0.39 is 11.7 Å².